The Hall–Kier alpha value is -5.84. The van der Waals surface area contributed by atoms with Crippen LogP contribution in [0.1, 0.15) is 62.6 Å². The van der Waals surface area contributed by atoms with Crippen LogP contribution < -0.4 is 16.9 Å². The molecule has 11 heteroatoms. The summed E-state index contributed by atoms with van der Waals surface area (Å²) in [6.45, 7) is 8.02. The maximum Gasteiger partial charge on any atom is 0.154 e. The van der Waals surface area contributed by atoms with Gasteiger partial charge in [-0.2, -0.15) is 5.10 Å². The lowest BCUT2D eigenvalue weighted by Gasteiger charge is -2.25. The van der Waals surface area contributed by atoms with Crippen molar-refractivity contribution in [1.29, 1.82) is 0 Å². The van der Waals surface area contributed by atoms with Crippen LogP contribution in [0.3, 0.4) is 0 Å². The summed E-state index contributed by atoms with van der Waals surface area (Å²) in [5, 5.41) is 40.4. The highest BCUT2D eigenvalue weighted by atomic mass is 16.3. The van der Waals surface area contributed by atoms with Crippen LogP contribution in [0.5, 0.6) is 11.5 Å². The number of nitrogens with two attached hydrogens (primary N) is 2. The van der Waals surface area contributed by atoms with E-state index in [4.69, 9.17) is 11.5 Å². The fraction of sp³-hybridized carbons (Fsp3) is 0.222. The summed E-state index contributed by atoms with van der Waals surface area (Å²) in [6.07, 6.45) is 8.40. The Morgan fingerprint density at radius 1 is 0.723 bits per heavy atom. The van der Waals surface area contributed by atoms with Crippen LogP contribution in [0, 0.1) is 0 Å². The number of anilines is 2. The van der Waals surface area contributed by atoms with Crippen molar-refractivity contribution in [2.24, 2.45) is 5.10 Å². The fourth-order valence-electron chi connectivity index (χ4n) is 5.38. The summed E-state index contributed by atoms with van der Waals surface area (Å²) < 4.78 is 0. The molecule has 1 aliphatic carbocycles. The van der Waals surface area contributed by atoms with E-state index in [0.717, 1.165) is 23.1 Å². The number of hydrogen-bond acceptors (Lipinski definition) is 11. The van der Waals surface area contributed by atoms with Crippen LogP contribution in [0.25, 0.3) is 28.1 Å². The number of hydrogen-bond donors (Lipinski definition) is 5. The summed E-state index contributed by atoms with van der Waals surface area (Å²) in [6, 6.07) is 22.0. The SMILES string of the molecule is CC.CC1(C)C=C(c2cc(-c3ccccc3O)nnc2N)C=NN1.Nc1nnc(-c2ccccc2O)cc1[C@@H]1C[C@H]1c1ccncc1. The molecule has 1 fully saturated rings. The Bertz CT molecular complexity index is 1910. The van der Waals surface area contributed by atoms with Crippen molar-refractivity contribution in [3.8, 4) is 34.0 Å². The maximum atomic E-state index is 10.0. The molecule has 0 radical (unpaired) electrons. The van der Waals surface area contributed by atoms with Crippen molar-refractivity contribution in [2.75, 3.05) is 11.5 Å². The third-order valence-corrected chi connectivity index (χ3v) is 7.74. The van der Waals surface area contributed by atoms with E-state index in [-0.39, 0.29) is 17.0 Å². The third-order valence-electron chi connectivity index (χ3n) is 7.74. The fourth-order valence-corrected chi connectivity index (χ4v) is 5.38. The number of nitrogens with zero attached hydrogens (tertiary/aromatic N) is 6. The zero-order valence-corrected chi connectivity index (χ0v) is 26.8. The Morgan fingerprint density at radius 2 is 1.30 bits per heavy atom. The van der Waals surface area contributed by atoms with Gasteiger partial charge in [0.1, 0.15) is 17.3 Å². The number of para-hydroxylation sites is 2. The first-order valence-corrected chi connectivity index (χ1v) is 15.5. The average molecular weight is 630 g/mol. The van der Waals surface area contributed by atoms with Crippen LogP contribution in [0.15, 0.2) is 96.4 Å². The standard InChI is InChI=1S/C18H16N4O.C16H17N5O.C2H6/c19-18-15(14-9-13(14)11-5-7-20-8-6-11)10-16(21-22-18)12-3-1-2-4-17(12)23;1-16(2)8-10(9-18-21-16)12-7-13(19-20-15(12)17)11-5-3-4-6-14(11)22;1-2/h1-8,10,13-14,23H,9H2,(H2,19,22);3-9,21-22H,1-2H3,(H2,17,20);1-2H3/t13-,14+;;/m0../s1. The second-order valence-electron chi connectivity index (χ2n) is 11.6. The Balaban J connectivity index is 0.000000176. The van der Waals surface area contributed by atoms with Crippen molar-refractivity contribution in [2.45, 2.75) is 51.5 Å². The molecule has 7 rings (SSSR count). The highest BCUT2D eigenvalue weighted by molar-refractivity contribution is 6.12. The van der Waals surface area contributed by atoms with Crippen LogP contribution in [-0.4, -0.2) is 47.3 Å². The van der Waals surface area contributed by atoms with Gasteiger partial charge in [-0.3, -0.25) is 4.98 Å². The highest BCUT2D eigenvalue weighted by Gasteiger charge is 2.41. The lowest BCUT2D eigenvalue weighted by Crippen LogP contribution is -2.35. The Morgan fingerprint density at radius 3 is 1.89 bits per heavy atom. The largest absolute Gasteiger partial charge is 0.507 e. The number of phenols is 2. The van der Waals surface area contributed by atoms with Gasteiger partial charge in [-0.1, -0.05) is 38.1 Å². The van der Waals surface area contributed by atoms with E-state index in [0.29, 0.717) is 46.0 Å². The van der Waals surface area contributed by atoms with Gasteiger partial charge in [-0.05, 0) is 92.3 Å². The van der Waals surface area contributed by atoms with Crippen molar-refractivity contribution >= 4 is 23.4 Å². The van der Waals surface area contributed by atoms with Crippen LogP contribution in [0.2, 0.25) is 0 Å². The monoisotopic (exact) mass is 629 g/mol. The summed E-state index contributed by atoms with van der Waals surface area (Å²) in [5.74, 6) is 1.93. The molecule has 0 spiro atoms. The first-order chi connectivity index (χ1) is 22.7. The number of rotatable bonds is 5. The number of allylic oxidation sites excluding steroid dienone is 1. The van der Waals surface area contributed by atoms with Gasteiger partial charge in [-0.15, -0.1) is 20.4 Å². The minimum Gasteiger partial charge on any atom is -0.507 e. The maximum absolute atomic E-state index is 10.0. The molecule has 4 heterocycles. The Labute approximate surface area is 274 Å². The summed E-state index contributed by atoms with van der Waals surface area (Å²) in [7, 11) is 0. The lowest BCUT2D eigenvalue weighted by molar-refractivity contribution is 0.476. The van der Waals surface area contributed by atoms with E-state index in [1.807, 2.05) is 88.6 Å². The molecule has 2 atom stereocenters. The smallest absolute Gasteiger partial charge is 0.154 e. The predicted octanol–water partition coefficient (Wildman–Crippen LogP) is 6.31. The molecule has 7 N–H and O–H groups in total. The van der Waals surface area contributed by atoms with Gasteiger partial charge in [-0.25, -0.2) is 0 Å². The summed E-state index contributed by atoms with van der Waals surface area (Å²) >= 11 is 0. The molecule has 11 nitrogen and oxygen atoms in total. The van der Waals surface area contributed by atoms with Crippen LogP contribution in [-0.2, 0) is 0 Å². The quantitative estimate of drug-likeness (QED) is 0.148. The molecule has 1 saturated carbocycles. The number of aromatic hydroxyl groups is 2. The van der Waals surface area contributed by atoms with Gasteiger partial charge in [0, 0.05) is 40.2 Å². The van der Waals surface area contributed by atoms with Crippen molar-refractivity contribution in [1.82, 2.24) is 30.8 Å². The number of phenolic OH excluding ortho intramolecular Hbond substituents is 2. The van der Waals surface area contributed by atoms with Crippen molar-refractivity contribution in [3.63, 3.8) is 0 Å². The molecule has 0 unspecified atom stereocenters. The molecule has 1 aliphatic heterocycles. The van der Waals surface area contributed by atoms with Crippen molar-refractivity contribution in [3.05, 3.63) is 108 Å². The number of hydrazone groups is 1. The topological polar surface area (TPSA) is 181 Å². The molecule has 0 bridgehead atoms. The zero-order valence-electron chi connectivity index (χ0n) is 26.8. The molecule has 2 aromatic carbocycles. The first-order valence-electron chi connectivity index (χ1n) is 15.5. The lowest BCUT2D eigenvalue weighted by atomic mass is 9.96. The molecule has 0 amide bonds. The molecular formula is C36H39N9O2. The van der Waals surface area contributed by atoms with Crippen LogP contribution >= 0.6 is 0 Å². The first kappa shape index (κ1) is 32.6. The third kappa shape index (κ3) is 7.52. The number of nitrogen functional groups attached to an aromatic ring is 2. The minimum atomic E-state index is -0.269. The second kappa shape index (κ2) is 14.1. The van der Waals surface area contributed by atoms with Crippen LogP contribution in [0.4, 0.5) is 11.6 Å². The molecule has 5 aromatic rings. The van der Waals surface area contributed by atoms with Gasteiger partial charge < -0.3 is 27.1 Å². The Kier molecular flexibility index (Phi) is 9.74. The second-order valence-corrected chi connectivity index (χ2v) is 11.6. The number of aromatic nitrogens is 5. The molecule has 3 aromatic heterocycles. The average Bonchev–Trinajstić information content (AvgIpc) is 3.88. The predicted molar refractivity (Wildman–Crippen MR) is 186 cm³/mol. The van der Waals surface area contributed by atoms with Gasteiger partial charge in [0.2, 0.25) is 0 Å². The number of benzene rings is 2. The van der Waals surface area contributed by atoms with Gasteiger partial charge >= 0.3 is 0 Å². The summed E-state index contributed by atoms with van der Waals surface area (Å²) in [5.41, 5.74) is 21.1. The zero-order chi connectivity index (χ0) is 33.6. The van der Waals surface area contributed by atoms with E-state index in [1.165, 1.54) is 5.56 Å². The van der Waals surface area contributed by atoms with E-state index in [2.05, 4.69) is 35.9 Å². The van der Waals surface area contributed by atoms with E-state index < -0.39 is 0 Å². The van der Waals surface area contributed by atoms with E-state index in [9.17, 15) is 10.2 Å². The van der Waals surface area contributed by atoms with E-state index in [1.54, 1.807) is 36.5 Å². The molecular weight excluding hydrogens is 590 g/mol. The van der Waals surface area contributed by atoms with Gasteiger partial charge in [0.05, 0.1) is 23.1 Å². The van der Waals surface area contributed by atoms with Crippen molar-refractivity contribution < 1.29 is 10.2 Å². The van der Waals surface area contributed by atoms with E-state index >= 15 is 0 Å². The normalized spacial score (nSPS) is 17.1. The number of pyridine rings is 1. The molecule has 2 aliphatic rings. The summed E-state index contributed by atoms with van der Waals surface area (Å²) in [4.78, 5) is 4.06. The molecule has 0 saturated heterocycles. The number of nitrogens with one attached hydrogen (secondary N) is 1. The highest BCUT2D eigenvalue weighted by Crippen LogP contribution is 2.55. The molecule has 240 valence electrons. The van der Waals surface area contributed by atoms with Gasteiger partial charge in [0.15, 0.2) is 5.82 Å². The molecule has 47 heavy (non-hydrogen) atoms. The van der Waals surface area contributed by atoms with Gasteiger partial charge in [0.25, 0.3) is 0 Å². The minimum absolute atomic E-state index is 0.154.